The van der Waals surface area contributed by atoms with Crippen LogP contribution in [-0.2, 0) is 20.6 Å². The van der Waals surface area contributed by atoms with Crippen LogP contribution >= 0.6 is 0 Å². The van der Waals surface area contributed by atoms with E-state index < -0.39 is 11.2 Å². The van der Waals surface area contributed by atoms with Crippen LogP contribution in [0.15, 0.2) is 63.2 Å². The van der Waals surface area contributed by atoms with Crippen molar-refractivity contribution in [1.29, 1.82) is 0 Å². The average Bonchev–Trinajstić information content (AvgIpc) is 3.11. The monoisotopic (exact) mass is 420 g/mol. The number of fused-ring (bicyclic) bond motifs is 1. The Bertz CT molecular complexity index is 1420. The van der Waals surface area contributed by atoms with Gasteiger partial charge in [0, 0.05) is 25.7 Å². The minimum Gasteiger partial charge on any atom is -0.508 e. The van der Waals surface area contributed by atoms with Gasteiger partial charge < -0.3 is 10.2 Å². The molecule has 0 fully saturated rings. The average molecular weight is 420 g/mol. The molecule has 0 saturated heterocycles. The Morgan fingerprint density at radius 3 is 2.52 bits per heavy atom. The smallest absolute Gasteiger partial charge is 0.332 e. The zero-order chi connectivity index (χ0) is 22.1. The van der Waals surface area contributed by atoms with Crippen LogP contribution in [0.3, 0.4) is 0 Å². The number of phenolic OH excluding ortho intramolecular Hbond substituents is 2. The lowest BCUT2D eigenvalue weighted by Gasteiger charge is -2.09. The highest BCUT2D eigenvalue weighted by Crippen LogP contribution is 2.21. The van der Waals surface area contributed by atoms with Crippen molar-refractivity contribution in [2.24, 2.45) is 19.2 Å². The fourth-order valence-electron chi connectivity index (χ4n) is 3.25. The van der Waals surface area contributed by atoms with Crippen LogP contribution in [0.2, 0.25) is 0 Å². The first-order valence-electron chi connectivity index (χ1n) is 9.38. The third-order valence-corrected chi connectivity index (χ3v) is 4.91. The first-order valence-corrected chi connectivity index (χ1v) is 9.38. The predicted molar refractivity (Wildman–Crippen MR) is 117 cm³/mol. The molecule has 0 radical (unpaired) electrons. The lowest BCUT2D eigenvalue weighted by molar-refractivity contribution is 0.450. The van der Waals surface area contributed by atoms with Crippen molar-refractivity contribution in [3.8, 4) is 11.5 Å². The maximum absolute atomic E-state index is 12.9. The van der Waals surface area contributed by atoms with E-state index in [1.165, 1.54) is 36.0 Å². The summed E-state index contributed by atoms with van der Waals surface area (Å²) in [7, 11) is 2.97. The second kappa shape index (κ2) is 7.82. The number of hydrogen-bond acceptors (Lipinski definition) is 7. The minimum absolute atomic E-state index is 0.0657. The summed E-state index contributed by atoms with van der Waals surface area (Å²) in [5.41, 5.74) is 3.65. The van der Waals surface area contributed by atoms with Crippen molar-refractivity contribution >= 4 is 23.3 Å². The van der Waals surface area contributed by atoms with Gasteiger partial charge in [-0.15, -0.1) is 0 Å². The van der Waals surface area contributed by atoms with Gasteiger partial charge in [-0.25, -0.2) is 10.2 Å². The zero-order valence-corrected chi connectivity index (χ0v) is 16.9. The number of aromatic nitrogens is 4. The molecule has 4 aromatic rings. The van der Waals surface area contributed by atoms with Crippen molar-refractivity contribution in [3.63, 3.8) is 0 Å². The maximum Gasteiger partial charge on any atom is 0.332 e. The summed E-state index contributed by atoms with van der Waals surface area (Å²) in [6.07, 6.45) is 1.36. The SMILES string of the molecule is Cn1c(=O)c2c(nc(NN=Cc3ccc(O)cc3O)n2Cc2ccccc2)n(C)c1=O. The predicted octanol–water partition coefficient (Wildman–Crippen LogP) is 1.34. The van der Waals surface area contributed by atoms with E-state index in [0.29, 0.717) is 12.1 Å². The van der Waals surface area contributed by atoms with Gasteiger partial charge in [-0.05, 0) is 17.7 Å². The molecule has 4 rings (SSSR count). The number of nitrogens with zero attached hydrogens (tertiary/aromatic N) is 5. The Balaban J connectivity index is 1.81. The van der Waals surface area contributed by atoms with Crippen molar-refractivity contribution in [1.82, 2.24) is 18.7 Å². The fraction of sp³-hybridized carbons (Fsp3) is 0.143. The Hall–Kier alpha value is -4.34. The van der Waals surface area contributed by atoms with E-state index in [1.54, 1.807) is 11.6 Å². The van der Waals surface area contributed by atoms with Crippen LogP contribution in [0, 0.1) is 0 Å². The molecule has 0 saturated carbocycles. The van der Waals surface area contributed by atoms with Crippen LogP contribution in [0.4, 0.5) is 5.95 Å². The van der Waals surface area contributed by atoms with Crippen LogP contribution in [-0.4, -0.2) is 35.1 Å². The van der Waals surface area contributed by atoms with E-state index >= 15 is 0 Å². The summed E-state index contributed by atoms with van der Waals surface area (Å²) in [6, 6.07) is 13.6. The molecular formula is C21H20N6O4. The van der Waals surface area contributed by atoms with E-state index in [1.807, 2.05) is 30.3 Å². The number of hydrogen-bond donors (Lipinski definition) is 3. The standard InChI is InChI=1S/C21H20N6O4/c1-25-18-17(19(30)26(2)21(25)31)27(12-13-6-4-3-5-7-13)20(23-18)24-22-11-14-8-9-15(28)10-16(14)29/h3-11,28-29H,12H2,1-2H3,(H,23,24). The first-order chi connectivity index (χ1) is 14.9. The highest BCUT2D eigenvalue weighted by Gasteiger charge is 2.19. The Morgan fingerprint density at radius 2 is 1.81 bits per heavy atom. The molecule has 0 amide bonds. The molecule has 0 atom stereocenters. The Labute approximate surface area is 176 Å². The molecule has 3 N–H and O–H groups in total. The van der Waals surface area contributed by atoms with Crippen molar-refractivity contribution < 1.29 is 10.2 Å². The first kappa shape index (κ1) is 20.0. The third kappa shape index (κ3) is 3.66. The van der Waals surface area contributed by atoms with Gasteiger partial charge in [0.05, 0.1) is 12.8 Å². The van der Waals surface area contributed by atoms with Gasteiger partial charge >= 0.3 is 5.69 Å². The van der Waals surface area contributed by atoms with Gasteiger partial charge in [0.15, 0.2) is 11.2 Å². The lowest BCUT2D eigenvalue weighted by atomic mass is 10.2. The molecule has 0 unspecified atom stereocenters. The molecule has 10 nitrogen and oxygen atoms in total. The number of benzene rings is 2. The molecule has 2 aromatic heterocycles. The zero-order valence-electron chi connectivity index (χ0n) is 16.9. The van der Waals surface area contributed by atoms with E-state index in [4.69, 9.17) is 0 Å². The fourth-order valence-corrected chi connectivity index (χ4v) is 3.25. The van der Waals surface area contributed by atoms with Crippen molar-refractivity contribution in [3.05, 3.63) is 80.5 Å². The number of nitrogens with one attached hydrogen (secondary N) is 1. The summed E-state index contributed by atoms with van der Waals surface area (Å²) in [6.45, 7) is 0.326. The molecule has 0 spiro atoms. The maximum atomic E-state index is 12.9. The van der Waals surface area contributed by atoms with E-state index in [9.17, 15) is 19.8 Å². The van der Waals surface area contributed by atoms with Crippen LogP contribution < -0.4 is 16.7 Å². The van der Waals surface area contributed by atoms with Crippen LogP contribution in [0.5, 0.6) is 11.5 Å². The Kier molecular flexibility index (Phi) is 5.04. The molecule has 0 bridgehead atoms. The minimum atomic E-state index is -0.481. The van der Waals surface area contributed by atoms with Gasteiger partial charge in [-0.2, -0.15) is 10.1 Å². The quantitative estimate of drug-likeness (QED) is 0.330. The molecule has 158 valence electrons. The molecule has 0 aliphatic rings. The van der Waals surface area contributed by atoms with Gasteiger partial charge in [-0.1, -0.05) is 30.3 Å². The Morgan fingerprint density at radius 1 is 1.06 bits per heavy atom. The molecule has 0 aliphatic heterocycles. The van der Waals surface area contributed by atoms with Gasteiger partial charge in [0.2, 0.25) is 5.95 Å². The largest absolute Gasteiger partial charge is 0.508 e. The lowest BCUT2D eigenvalue weighted by Crippen LogP contribution is -2.37. The molecule has 0 aliphatic carbocycles. The highest BCUT2D eigenvalue weighted by atomic mass is 16.3. The summed E-state index contributed by atoms with van der Waals surface area (Å²) in [5, 5.41) is 23.4. The summed E-state index contributed by atoms with van der Waals surface area (Å²) in [4.78, 5) is 29.6. The van der Waals surface area contributed by atoms with Gasteiger partial charge in [-0.3, -0.25) is 18.5 Å². The summed E-state index contributed by atoms with van der Waals surface area (Å²) < 4.78 is 3.99. The normalized spacial score (nSPS) is 11.4. The van der Waals surface area contributed by atoms with E-state index in [0.717, 1.165) is 10.1 Å². The van der Waals surface area contributed by atoms with Gasteiger partial charge in [0.25, 0.3) is 5.56 Å². The number of rotatable bonds is 5. The molecule has 10 heteroatoms. The number of hydrazone groups is 1. The molecular weight excluding hydrogens is 400 g/mol. The van der Waals surface area contributed by atoms with Crippen LogP contribution in [0.25, 0.3) is 11.2 Å². The number of anilines is 1. The second-order valence-electron chi connectivity index (χ2n) is 7.00. The molecule has 31 heavy (non-hydrogen) atoms. The number of phenols is 2. The number of aryl methyl sites for hydroxylation is 1. The van der Waals surface area contributed by atoms with Crippen molar-refractivity contribution in [2.45, 2.75) is 6.54 Å². The molecule has 2 heterocycles. The summed E-state index contributed by atoms with van der Waals surface area (Å²) in [5.74, 6) is 0.0512. The molecule has 2 aromatic carbocycles. The number of aromatic hydroxyl groups is 2. The third-order valence-electron chi connectivity index (χ3n) is 4.91. The van der Waals surface area contributed by atoms with Crippen LogP contribution in [0.1, 0.15) is 11.1 Å². The van der Waals surface area contributed by atoms with Crippen molar-refractivity contribution in [2.75, 3.05) is 5.43 Å². The topological polar surface area (TPSA) is 127 Å². The van der Waals surface area contributed by atoms with E-state index in [-0.39, 0.29) is 28.6 Å². The summed E-state index contributed by atoms with van der Waals surface area (Å²) >= 11 is 0. The highest BCUT2D eigenvalue weighted by molar-refractivity contribution is 5.84. The van der Waals surface area contributed by atoms with Gasteiger partial charge in [0.1, 0.15) is 11.5 Å². The van der Waals surface area contributed by atoms with E-state index in [2.05, 4.69) is 15.5 Å². The number of imidazole rings is 1. The second-order valence-corrected chi connectivity index (χ2v) is 7.00.